The summed E-state index contributed by atoms with van der Waals surface area (Å²) in [6.45, 7) is 8.14. The van der Waals surface area contributed by atoms with Crippen LogP contribution in [-0.2, 0) is 19.1 Å². The van der Waals surface area contributed by atoms with Crippen molar-refractivity contribution in [3.8, 4) is 0 Å². The molecule has 0 N–H and O–H groups in total. The maximum Gasteiger partial charge on any atom is 0.311 e. The Balaban J connectivity index is 1.41. The molecule has 0 aromatic heterocycles. The van der Waals surface area contributed by atoms with Gasteiger partial charge in [-0.2, -0.15) is 0 Å². The highest BCUT2D eigenvalue weighted by molar-refractivity contribution is 5.76. The second-order valence-corrected chi connectivity index (χ2v) is 11.3. The van der Waals surface area contributed by atoms with Gasteiger partial charge < -0.3 is 9.47 Å². The molecule has 0 aromatic carbocycles. The second-order valence-electron chi connectivity index (χ2n) is 11.3. The number of carbonyl (C=O) groups excluding carboxylic acids is 2. The molecule has 4 nitrogen and oxygen atoms in total. The number of fused-ring (bicyclic) bond motifs is 2. The first kappa shape index (κ1) is 21.2. The van der Waals surface area contributed by atoms with Gasteiger partial charge in [0.2, 0.25) is 0 Å². The van der Waals surface area contributed by atoms with Crippen molar-refractivity contribution in [2.75, 3.05) is 0 Å². The molecule has 6 atom stereocenters. The van der Waals surface area contributed by atoms with E-state index in [9.17, 15) is 9.59 Å². The van der Waals surface area contributed by atoms with Crippen LogP contribution >= 0.6 is 0 Å². The highest BCUT2D eigenvalue weighted by atomic mass is 16.6. The predicted molar refractivity (Wildman–Crippen MR) is 112 cm³/mol. The van der Waals surface area contributed by atoms with Crippen molar-refractivity contribution in [1.29, 1.82) is 0 Å². The van der Waals surface area contributed by atoms with E-state index in [1.165, 1.54) is 25.7 Å². The van der Waals surface area contributed by atoms with Crippen LogP contribution in [0.15, 0.2) is 0 Å². The summed E-state index contributed by atoms with van der Waals surface area (Å²) in [6.07, 6.45) is 11.8. The van der Waals surface area contributed by atoms with Crippen molar-refractivity contribution in [3.63, 3.8) is 0 Å². The molecular formula is C25H40O4. The molecule has 0 aliphatic heterocycles. The average molecular weight is 405 g/mol. The number of rotatable bonds is 5. The van der Waals surface area contributed by atoms with Gasteiger partial charge in [0.25, 0.3) is 0 Å². The van der Waals surface area contributed by atoms with Crippen LogP contribution in [0.25, 0.3) is 0 Å². The third-order valence-corrected chi connectivity index (χ3v) is 9.00. The fourth-order valence-corrected chi connectivity index (χ4v) is 6.83. The zero-order chi connectivity index (χ0) is 20.8. The van der Waals surface area contributed by atoms with Gasteiger partial charge in [-0.15, -0.1) is 0 Å². The minimum atomic E-state index is -0.409. The Bertz CT molecular complexity index is 633. The number of ether oxygens (including phenoxy) is 2. The molecule has 5 aliphatic rings. The summed E-state index contributed by atoms with van der Waals surface area (Å²) in [5.41, 5.74) is -0.654. The summed E-state index contributed by atoms with van der Waals surface area (Å²) < 4.78 is 12.2. The summed E-state index contributed by atoms with van der Waals surface area (Å²) in [6, 6.07) is 0. The van der Waals surface area contributed by atoms with Gasteiger partial charge in [0.1, 0.15) is 11.7 Å². The average Bonchev–Trinajstić information content (AvgIpc) is 3.16. The summed E-state index contributed by atoms with van der Waals surface area (Å²) >= 11 is 0. The van der Waals surface area contributed by atoms with E-state index in [0.29, 0.717) is 23.7 Å². The molecule has 6 unspecified atom stereocenters. The van der Waals surface area contributed by atoms with Crippen molar-refractivity contribution < 1.29 is 19.1 Å². The smallest absolute Gasteiger partial charge is 0.311 e. The number of hydrogen-bond donors (Lipinski definition) is 0. The molecule has 5 saturated carbocycles. The highest BCUT2D eigenvalue weighted by Crippen LogP contribution is 2.59. The van der Waals surface area contributed by atoms with Crippen LogP contribution in [0.5, 0.6) is 0 Å². The first-order valence-corrected chi connectivity index (χ1v) is 12.2. The van der Waals surface area contributed by atoms with Crippen molar-refractivity contribution >= 4 is 11.9 Å². The van der Waals surface area contributed by atoms with Crippen LogP contribution in [0.4, 0.5) is 0 Å². The quantitative estimate of drug-likeness (QED) is 0.554. The van der Waals surface area contributed by atoms with E-state index in [2.05, 4.69) is 6.92 Å². The van der Waals surface area contributed by atoms with Crippen molar-refractivity contribution in [2.24, 2.45) is 35.0 Å². The molecule has 0 radical (unpaired) electrons. The minimum Gasteiger partial charge on any atom is -0.462 e. The lowest BCUT2D eigenvalue weighted by atomic mass is 9.57. The van der Waals surface area contributed by atoms with Gasteiger partial charge in [-0.05, 0) is 109 Å². The number of carbonyl (C=O) groups is 2. The van der Waals surface area contributed by atoms with Crippen LogP contribution in [0.1, 0.15) is 98.3 Å². The largest absolute Gasteiger partial charge is 0.462 e. The topological polar surface area (TPSA) is 52.6 Å². The fraction of sp³-hybridized carbons (Fsp3) is 0.920. The molecule has 0 heterocycles. The molecule has 0 spiro atoms. The van der Waals surface area contributed by atoms with Gasteiger partial charge in [0.15, 0.2) is 0 Å². The van der Waals surface area contributed by atoms with Crippen LogP contribution in [-0.4, -0.2) is 23.6 Å². The first-order valence-electron chi connectivity index (χ1n) is 12.2. The highest BCUT2D eigenvalue weighted by Gasteiger charge is 2.57. The van der Waals surface area contributed by atoms with Crippen LogP contribution in [0.3, 0.4) is 0 Å². The molecular weight excluding hydrogens is 364 g/mol. The molecule has 0 saturated heterocycles. The maximum absolute atomic E-state index is 13.2. The monoisotopic (exact) mass is 404 g/mol. The Morgan fingerprint density at radius 1 is 1.00 bits per heavy atom. The molecule has 0 aromatic rings. The fourth-order valence-electron chi connectivity index (χ4n) is 6.83. The van der Waals surface area contributed by atoms with Gasteiger partial charge >= 0.3 is 11.9 Å². The van der Waals surface area contributed by atoms with Crippen LogP contribution in [0.2, 0.25) is 0 Å². The third kappa shape index (κ3) is 3.97. The lowest BCUT2D eigenvalue weighted by molar-refractivity contribution is -0.181. The first-order chi connectivity index (χ1) is 13.7. The van der Waals surface area contributed by atoms with Crippen molar-refractivity contribution in [3.05, 3.63) is 0 Å². The maximum atomic E-state index is 13.2. The van der Waals surface area contributed by atoms with E-state index >= 15 is 0 Å². The molecule has 4 heteroatoms. The molecule has 5 fully saturated rings. The summed E-state index contributed by atoms with van der Waals surface area (Å²) in [7, 11) is 0. The number of hydrogen-bond acceptors (Lipinski definition) is 4. The van der Waals surface area contributed by atoms with E-state index in [4.69, 9.17) is 9.47 Å². The van der Waals surface area contributed by atoms with Gasteiger partial charge in [-0.3, -0.25) is 9.59 Å². The van der Waals surface area contributed by atoms with Gasteiger partial charge in [-0.1, -0.05) is 13.3 Å². The van der Waals surface area contributed by atoms with E-state index < -0.39 is 5.41 Å². The summed E-state index contributed by atoms with van der Waals surface area (Å²) in [4.78, 5) is 25.8. The summed E-state index contributed by atoms with van der Waals surface area (Å²) in [5.74, 6) is 2.00. The zero-order valence-corrected chi connectivity index (χ0v) is 18.9. The van der Waals surface area contributed by atoms with Crippen LogP contribution in [0, 0.1) is 35.0 Å². The normalized spacial score (nSPS) is 38.3. The van der Waals surface area contributed by atoms with E-state index in [-0.39, 0.29) is 29.6 Å². The van der Waals surface area contributed by atoms with Gasteiger partial charge in [0.05, 0.1) is 11.3 Å². The second kappa shape index (κ2) is 7.89. The van der Waals surface area contributed by atoms with E-state index in [1.807, 2.05) is 20.8 Å². The van der Waals surface area contributed by atoms with E-state index in [0.717, 1.165) is 44.9 Å². The molecule has 5 aliphatic carbocycles. The van der Waals surface area contributed by atoms with Gasteiger partial charge in [0, 0.05) is 0 Å². The number of esters is 2. The van der Waals surface area contributed by atoms with Crippen molar-refractivity contribution in [1.82, 2.24) is 0 Å². The van der Waals surface area contributed by atoms with E-state index in [1.54, 1.807) is 0 Å². The Labute approximate surface area is 176 Å². The SMILES string of the molecule is CCC(C)(C)C(=O)OC1CC2CCC1C1CCC(C(=O)OC3(C)CCCCC3)C21. The van der Waals surface area contributed by atoms with Crippen molar-refractivity contribution in [2.45, 2.75) is 110 Å². The standard InChI is InChI=1S/C25H40O4/c1-5-24(2,3)23(27)28-20-15-16-9-10-17(20)18-11-12-19(21(16)18)22(26)29-25(4)13-7-6-8-14-25/h16-21H,5-15H2,1-4H3. The molecule has 2 bridgehead atoms. The molecule has 0 amide bonds. The van der Waals surface area contributed by atoms with Crippen LogP contribution < -0.4 is 0 Å². The summed E-state index contributed by atoms with van der Waals surface area (Å²) in [5, 5.41) is 0. The lowest BCUT2D eigenvalue weighted by Gasteiger charge is -2.51. The Morgan fingerprint density at radius 2 is 1.69 bits per heavy atom. The minimum absolute atomic E-state index is 0.0479. The predicted octanol–water partition coefficient (Wildman–Crippen LogP) is 5.67. The Hall–Kier alpha value is -1.06. The third-order valence-electron chi connectivity index (χ3n) is 9.00. The Morgan fingerprint density at radius 3 is 2.38 bits per heavy atom. The lowest BCUT2D eigenvalue weighted by Crippen LogP contribution is -2.51. The Kier molecular flexibility index (Phi) is 5.76. The van der Waals surface area contributed by atoms with Gasteiger partial charge in [-0.25, -0.2) is 0 Å². The molecule has 29 heavy (non-hydrogen) atoms. The molecule has 164 valence electrons. The zero-order valence-electron chi connectivity index (χ0n) is 18.9. The molecule has 5 rings (SSSR count).